The fourth-order valence-electron chi connectivity index (χ4n) is 0.813. The maximum absolute atomic E-state index is 10.8. The summed E-state index contributed by atoms with van der Waals surface area (Å²) < 4.78 is 3.95. The number of nitro groups is 1. The molecule has 0 aliphatic rings. The molecular weight excluding hydrogens is 208 g/mol. The summed E-state index contributed by atoms with van der Waals surface area (Å²) in [5, 5.41) is 9.98. The molecule has 7 heteroatoms. The lowest BCUT2D eigenvalue weighted by atomic mass is 10.2. The van der Waals surface area contributed by atoms with Gasteiger partial charge in [-0.1, -0.05) is 12.1 Å². The van der Waals surface area contributed by atoms with Crippen molar-refractivity contribution in [1.29, 1.82) is 0 Å². The van der Waals surface area contributed by atoms with E-state index in [1.807, 2.05) is 0 Å². The van der Waals surface area contributed by atoms with Gasteiger partial charge in [0.2, 0.25) is 0 Å². The number of hydrogen-bond donors (Lipinski definition) is 1. The van der Waals surface area contributed by atoms with Crippen LogP contribution in [0.15, 0.2) is 24.3 Å². The van der Waals surface area contributed by atoms with Crippen LogP contribution in [-0.2, 0) is 0 Å². The summed E-state index contributed by atoms with van der Waals surface area (Å²) in [4.78, 5) is 20.8. The first-order valence-corrected chi connectivity index (χ1v) is 4.19. The Labute approximate surface area is 83.5 Å². The number of nitrogens with two attached hydrogens (primary N) is 1. The molecule has 1 rings (SSSR count). The lowest BCUT2D eigenvalue weighted by Crippen LogP contribution is -2.12. The molecule has 0 aromatic heterocycles. The molecule has 0 radical (unpaired) electrons. The minimum absolute atomic E-state index is 0.0304. The molecule has 6 nitrogen and oxygen atoms in total. The molecule has 0 fully saturated rings. The third-order valence-corrected chi connectivity index (χ3v) is 1.72. The van der Waals surface area contributed by atoms with E-state index >= 15 is 0 Å². The lowest BCUT2D eigenvalue weighted by molar-refractivity contribution is -0.291. The second-order valence-corrected chi connectivity index (χ2v) is 2.86. The zero-order valence-corrected chi connectivity index (χ0v) is 7.69. The van der Waals surface area contributed by atoms with E-state index in [0.717, 1.165) is 0 Å². The molecular formula is C7H6N2O4S. The number of amides is 1. The summed E-state index contributed by atoms with van der Waals surface area (Å²) in [5.41, 5.74) is 5.14. The van der Waals surface area contributed by atoms with E-state index in [9.17, 15) is 14.9 Å². The molecule has 2 N–H and O–H groups in total. The summed E-state index contributed by atoms with van der Waals surface area (Å²) in [5.74, 6) is -0.605. The summed E-state index contributed by atoms with van der Waals surface area (Å²) >= 11 is 0.0304. The molecule has 0 heterocycles. The number of primary amides is 1. The van der Waals surface area contributed by atoms with Crippen molar-refractivity contribution in [2.24, 2.45) is 5.73 Å². The van der Waals surface area contributed by atoms with Gasteiger partial charge in [-0.2, -0.15) is 0 Å². The summed E-state index contributed by atoms with van der Waals surface area (Å²) in [6.07, 6.45) is 0. The fraction of sp³-hybridized carbons (Fsp3) is 0. The highest BCUT2D eigenvalue weighted by atomic mass is 32.2. The van der Waals surface area contributed by atoms with Gasteiger partial charge in [0.25, 0.3) is 5.91 Å². The molecule has 0 spiro atoms. The van der Waals surface area contributed by atoms with E-state index in [4.69, 9.17) is 5.73 Å². The van der Waals surface area contributed by atoms with Gasteiger partial charge in [-0.3, -0.25) is 4.79 Å². The quantitative estimate of drug-likeness (QED) is 0.349. The van der Waals surface area contributed by atoms with Gasteiger partial charge in [-0.25, -0.2) is 10.1 Å². The molecule has 14 heavy (non-hydrogen) atoms. The first-order valence-electron chi connectivity index (χ1n) is 3.49. The Morgan fingerprint density at radius 1 is 1.50 bits per heavy atom. The zero-order valence-electron chi connectivity index (χ0n) is 6.88. The zero-order chi connectivity index (χ0) is 10.6. The number of para-hydroxylation sites is 1. The van der Waals surface area contributed by atoms with E-state index < -0.39 is 10.2 Å². The Hall–Kier alpha value is -1.76. The second-order valence-electron chi connectivity index (χ2n) is 2.24. The van der Waals surface area contributed by atoms with E-state index in [2.05, 4.69) is 4.18 Å². The first-order chi connectivity index (χ1) is 6.61. The smallest absolute Gasteiger partial charge is 0.365 e. The molecule has 1 aromatic rings. The number of hydrogen-bond acceptors (Lipinski definition) is 5. The maximum Gasteiger partial charge on any atom is 0.468 e. The monoisotopic (exact) mass is 214 g/mol. The van der Waals surface area contributed by atoms with Gasteiger partial charge in [0.15, 0.2) is 5.75 Å². The number of rotatable bonds is 4. The van der Waals surface area contributed by atoms with Crippen LogP contribution in [0.3, 0.4) is 0 Å². The topological polar surface area (TPSA) is 95.5 Å². The molecule has 0 saturated carbocycles. The van der Waals surface area contributed by atoms with Crippen LogP contribution in [0.25, 0.3) is 0 Å². The van der Waals surface area contributed by atoms with Crippen molar-refractivity contribution in [3.05, 3.63) is 39.9 Å². The van der Waals surface area contributed by atoms with Gasteiger partial charge in [-0.05, 0) is 12.1 Å². The molecule has 0 bridgehead atoms. The van der Waals surface area contributed by atoms with Crippen LogP contribution in [0.4, 0.5) is 0 Å². The van der Waals surface area contributed by atoms with Crippen molar-refractivity contribution < 1.29 is 13.3 Å². The Balaban J connectivity index is 2.84. The van der Waals surface area contributed by atoms with Crippen LogP contribution < -0.4 is 9.92 Å². The van der Waals surface area contributed by atoms with Crippen LogP contribution in [0.5, 0.6) is 5.75 Å². The SMILES string of the molecule is NC(=O)c1ccccc1OS[N+](=O)[O-]. The minimum atomic E-state index is -0.724. The minimum Gasteiger partial charge on any atom is -0.365 e. The van der Waals surface area contributed by atoms with Gasteiger partial charge >= 0.3 is 12.2 Å². The second kappa shape index (κ2) is 4.47. The highest BCUT2D eigenvalue weighted by molar-refractivity contribution is 7.88. The molecule has 0 aliphatic heterocycles. The van der Waals surface area contributed by atoms with Gasteiger partial charge in [-0.15, -0.1) is 0 Å². The normalized spacial score (nSPS) is 9.43. The highest BCUT2D eigenvalue weighted by Crippen LogP contribution is 2.21. The van der Waals surface area contributed by atoms with Gasteiger partial charge in [0, 0.05) is 0 Å². The van der Waals surface area contributed by atoms with E-state index in [0.29, 0.717) is 0 Å². The average Bonchev–Trinajstić information content (AvgIpc) is 2.15. The molecule has 74 valence electrons. The maximum atomic E-state index is 10.8. The van der Waals surface area contributed by atoms with Crippen molar-refractivity contribution in [3.63, 3.8) is 0 Å². The van der Waals surface area contributed by atoms with Gasteiger partial charge in [0.05, 0.1) is 5.56 Å². The van der Waals surface area contributed by atoms with E-state index in [1.165, 1.54) is 12.1 Å². The van der Waals surface area contributed by atoms with Crippen LogP contribution in [0, 0.1) is 10.1 Å². The number of carbonyl (C=O) groups is 1. The van der Waals surface area contributed by atoms with Crippen LogP contribution >= 0.6 is 12.2 Å². The predicted octanol–water partition coefficient (Wildman–Crippen LogP) is 1.00. The molecule has 1 aromatic carbocycles. The molecule has 0 unspecified atom stereocenters. The lowest BCUT2D eigenvalue weighted by Gasteiger charge is -2.01. The molecule has 0 atom stereocenters. The van der Waals surface area contributed by atoms with Crippen molar-refractivity contribution in [3.8, 4) is 5.75 Å². The number of carbonyl (C=O) groups excluding carboxylic acids is 1. The Morgan fingerprint density at radius 3 is 2.71 bits per heavy atom. The first kappa shape index (κ1) is 10.3. The van der Waals surface area contributed by atoms with Crippen molar-refractivity contribution in [1.82, 2.24) is 0 Å². The third kappa shape index (κ3) is 2.63. The van der Waals surface area contributed by atoms with Crippen LogP contribution in [-0.4, -0.2) is 10.2 Å². The largest absolute Gasteiger partial charge is 0.468 e. The van der Waals surface area contributed by atoms with Gasteiger partial charge in [0.1, 0.15) is 4.33 Å². The van der Waals surface area contributed by atoms with Gasteiger partial charge < -0.3 is 9.92 Å². The summed E-state index contributed by atoms with van der Waals surface area (Å²) in [6, 6.07) is 6.03. The van der Waals surface area contributed by atoms with Crippen molar-refractivity contribution in [2.75, 3.05) is 0 Å². The number of nitrogens with zero attached hydrogens (tertiary/aromatic N) is 1. The molecule has 0 aliphatic carbocycles. The standard InChI is InChI=1S/C7H6N2O4S/c8-7(10)5-3-1-2-4-6(5)13-14-9(11)12/h1-4H,(H2,8,10). The predicted molar refractivity (Wildman–Crippen MR) is 50.2 cm³/mol. The Kier molecular flexibility index (Phi) is 3.29. The van der Waals surface area contributed by atoms with E-state index in [-0.39, 0.29) is 23.5 Å². The number of benzene rings is 1. The third-order valence-electron chi connectivity index (χ3n) is 1.34. The average molecular weight is 214 g/mol. The molecule has 1 amide bonds. The molecule has 0 saturated heterocycles. The summed E-state index contributed by atoms with van der Waals surface area (Å²) in [7, 11) is 0. The van der Waals surface area contributed by atoms with E-state index in [1.54, 1.807) is 12.1 Å². The van der Waals surface area contributed by atoms with Crippen molar-refractivity contribution >= 4 is 18.1 Å². The Morgan fingerprint density at radius 2 is 2.14 bits per heavy atom. The van der Waals surface area contributed by atoms with Crippen LogP contribution in [0.1, 0.15) is 10.4 Å². The fourth-order valence-corrected chi connectivity index (χ4v) is 1.10. The van der Waals surface area contributed by atoms with Crippen molar-refractivity contribution in [2.45, 2.75) is 0 Å². The summed E-state index contributed by atoms with van der Waals surface area (Å²) in [6.45, 7) is 0. The van der Waals surface area contributed by atoms with Crippen LogP contribution in [0.2, 0.25) is 0 Å². The highest BCUT2D eigenvalue weighted by Gasteiger charge is 2.12. The Bertz CT molecular complexity index is 368.